The van der Waals surface area contributed by atoms with Gasteiger partial charge in [-0.05, 0) is 55.6 Å². The van der Waals surface area contributed by atoms with Gasteiger partial charge in [0.25, 0.3) is 0 Å². The summed E-state index contributed by atoms with van der Waals surface area (Å²) in [5.74, 6) is 0.240. The highest BCUT2D eigenvalue weighted by molar-refractivity contribution is 7.11. The number of nitrogens with one attached hydrogen (secondary N) is 1. The molecule has 0 amide bonds. The van der Waals surface area contributed by atoms with E-state index in [1.165, 1.54) is 15.3 Å². The van der Waals surface area contributed by atoms with Crippen molar-refractivity contribution < 1.29 is 4.39 Å². The highest BCUT2D eigenvalue weighted by Crippen LogP contribution is 2.25. The first-order valence-electron chi connectivity index (χ1n) is 7.76. The first kappa shape index (κ1) is 16.2. The lowest BCUT2D eigenvalue weighted by molar-refractivity contribution is 0.576. The fraction of sp³-hybridized carbons (Fsp3) is 0.444. The predicted octanol–water partition coefficient (Wildman–Crippen LogP) is 4.78. The standard InChI is InChI=1S/C18H24FNS/c1-3-11-20-13-15(14-5-7-16(19)8-6-14)12-18-10-9-17(4-2)21-18/h5-10,15,20H,3-4,11-13H2,1-2H3. The van der Waals surface area contributed by atoms with E-state index in [9.17, 15) is 4.39 Å². The summed E-state index contributed by atoms with van der Waals surface area (Å²) in [5.41, 5.74) is 1.21. The van der Waals surface area contributed by atoms with Gasteiger partial charge in [-0.2, -0.15) is 0 Å². The van der Waals surface area contributed by atoms with Crippen LogP contribution >= 0.6 is 11.3 Å². The van der Waals surface area contributed by atoms with Crippen molar-refractivity contribution in [2.75, 3.05) is 13.1 Å². The van der Waals surface area contributed by atoms with Gasteiger partial charge in [-0.15, -0.1) is 11.3 Å². The number of halogens is 1. The second-order valence-electron chi connectivity index (χ2n) is 5.38. The maximum Gasteiger partial charge on any atom is 0.123 e. The van der Waals surface area contributed by atoms with E-state index in [1.54, 1.807) is 12.1 Å². The Bertz CT molecular complexity index is 532. The van der Waals surface area contributed by atoms with Crippen molar-refractivity contribution in [3.63, 3.8) is 0 Å². The van der Waals surface area contributed by atoms with Crippen molar-refractivity contribution in [1.29, 1.82) is 0 Å². The fourth-order valence-electron chi connectivity index (χ4n) is 2.46. The van der Waals surface area contributed by atoms with E-state index in [0.717, 1.165) is 32.4 Å². The summed E-state index contributed by atoms with van der Waals surface area (Å²) in [6, 6.07) is 11.4. The molecular weight excluding hydrogens is 281 g/mol. The van der Waals surface area contributed by atoms with Crippen LogP contribution in [0.2, 0.25) is 0 Å². The SMILES string of the molecule is CCCNCC(Cc1ccc(CC)s1)c1ccc(F)cc1. The molecule has 21 heavy (non-hydrogen) atoms. The number of benzene rings is 1. The minimum Gasteiger partial charge on any atom is -0.316 e. The Hall–Kier alpha value is -1.19. The Morgan fingerprint density at radius 3 is 2.38 bits per heavy atom. The Morgan fingerprint density at radius 2 is 1.76 bits per heavy atom. The zero-order chi connectivity index (χ0) is 15.1. The molecule has 2 rings (SSSR count). The highest BCUT2D eigenvalue weighted by atomic mass is 32.1. The third-order valence-electron chi connectivity index (χ3n) is 3.67. The Kier molecular flexibility index (Phi) is 6.40. The first-order valence-corrected chi connectivity index (χ1v) is 8.58. The Balaban J connectivity index is 2.09. The van der Waals surface area contributed by atoms with Crippen LogP contribution in [0.3, 0.4) is 0 Å². The molecule has 1 aromatic heterocycles. The first-order chi connectivity index (χ1) is 10.2. The Labute approximate surface area is 131 Å². The summed E-state index contributed by atoms with van der Waals surface area (Å²) in [7, 11) is 0. The van der Waals surface area contributed by atoms with Crippen molar-refractivity contribution in [2.24, 2.45) is 0 Å². The fourth-order valence-corrected chi connectivity index (χ4v) is 3.50. The van der Waals surface area contributed by atoms with Gasteiger partial charge in [-0.3, -0.25) is 0 Å². The van der Waals surface area contributed by atoms with Gasteiger partial charge in [0.15, 0.2) is 0 Å². The van der Waals surface area contributed by atoms with Crippen molar-refractivity contribution in [1.82, 2.24) is 5.32 Å². The predicted molar refractivity (Wildman–Crippen MR) is 89.7 cm³/mol. The van der Waals surface area contributed by atoms with Gasteiger partial charge in [0.1, 0.15) is 5.82 Å². The van der Waals surface area contributed by atoms with Crippen molar-refractivity contribution in [2.45, 2.75) is 39.0 Å². The molecule has 0 aliphatic carbocycles. The summed E-state index contributed by atoms with van der Waals surface area (Å²) >= 11 is 1.90. The van der Waals surface area contributed by atoms with E-state index in [1.807, 2.05) is 23.5 Å². The molecule has 1 nitrogen and oxygen atoms in total. The second kappa shape index (κ2) is 8.30. The third kappa shape index (κ3) is 4.94. The number of hydrogen-bond donors (Lipinski definition) is 1. The average molecular weight is 305 g/mol. The van der Waals surface area contributed by atoms with Crippen LogP contribution in [-0.2, 0) is 12.8 Å². The van der Waals surface area contributed by atoms with E-state index in [4.69, 9.17) is 0 Å². The molecule has 0 saturated heterocycles. The second-order valence-corrected chi connectivity index (χ2v) is 6.63. The minimum absolute atomic E-state index is 0.164. The van der Waals surface area contributed by atoms with E-state index >= 15 is 0 Å². The average Bonchev–Trinajstić information content (AvgIpc) is 2.95. The lowest BCUT2D eigenvalue weighted by atomic mass is 9.95. The summed E-state index contributed by atoms with van der Waals surface area (Å²) in [5, 5.41) is 3.50. The Morgan fingerprint density at radius 1 is 1.05 bits per heavy atom. The minimum atomic E-state index is -0.164. The summed E-state index contributed by atoms with van der Waals surface area (Å²) in [6.07, 6.45) is 3.25. The molecule has 1 atom stereocenters. The van der Waals surface area contributed by atoms with Gasteiger partial charge in [0.05, 0.1) is 0 Å². The smallest absolute Gasteiger partial charge is 0.123 e. The van der Waals surface area contributed by atoms with Crippen LogP contribution in [0.25, 0.3) is 0 Å². The molecule has 0 bridgehead atoms. The van der Waals surface area contributed by atoms with Crippen LogP contribution in [0.4, 0.5) is 4.39 Å². The van der Waals surface area contributed by atoms with Crippen LogP contribution in [-0.4, -0.2) is 13.1 Å². The van der Waals surface area contributed by atoms with Gasteiger partial charge in [0, 0.05) is 22.2 Å². The zero-order valence-electron chi connectivity index (χ0n) is 12.9. The molecule has 1 heterocycles. The lowest BCUT2D eigenvalue weighted by Crippen LogP contribution is -2.23. The maximum atomic E-state index is 13.1. The molecule has 0 aliphatic rings. The summed E-state index contributed by atoms with van der Waals surface area (Å²) < 4.78 is 13.1. The van der Waals surface area contributed by atoms with Crippen LogP contribution in [0.15, 0.2) is 36.4 Å². The van der Waals surface area contributed by atoms with Gasteiger partial charge in [-0.25, -0.2) is 4.39 Å². The third-order valence-corrected chi connectivity index (χ3v) is 4.92. The molecule has 2 aromatic rings. The topological polar surface area (TPSA) is 12.0 Å². The quantitative estimate of drug-likeness (QED) is 0.692. The van der Waals surface area contributed by atoms with Gasteiger partial charge in [-0.1, -0.05) is 26.0 Å². The van der Waals surface area contributed by atoms with Crippen molar-refractivity contribution in [3.05, 3.63) is 57.5 Å². The summed E-state index contributed by atoms with van der Waals surface area (Å²) in [4.78, 5) is 2.85. The molecule has 1 unspecified atom stereocenters. The molecule has 1 N–H and O–H groups in total. The van der Waals surface area contributed by atoms with Crippen molar-refractivity contribution in [3.8, 4) is 0 Å². The highest BCUT2D eigenvalue weighted by Gasteiger charge is 2.13. The van der Waals surface area contributed by atoms with Crippen LogP contribution in [0.5, 0.6) is 0 Å². The zero-order valence-corrected chi connectivity index (χ0v) is 13.7. The number of thiophene rings is 1. The molecule has 0 fully saturated rings. The van der Waals surface area contributed by atoms with E-state index in [-0.39, 0.29) is 5.82 Å². The molecular formula is C18H24FNS. The van der Waals surface area contributed by atoms with Gasteiger partial charge >= 0.3 is 0 Å². The molecule has 114 valence electrons. The van der Waals surface area contributed by atoms with E-state index in [2.05, 4.69) is 31.3 Å². The van der Waals surface area contributed by atoms with E-state index in [0.29, 0.717) is 5.92 Å². The number of aryl methyl sites for hydroxylation is 1. The molecule has 0 saturated carbocycles. The lowest BCUT2D eigenvalue weighted by Gasteiger charge is -2.17. The van der Waals surface area contributed by atoms with Crippen LogP contribution in [0, 0.1) is 5.82 Å². The monoisotopic (exact) mass is 305 g/mol. The molecule has 0 spiro atoms. The summed E-state index contributed by atoms with van der Waals surface area (Å²) in [6.45, 7) is 6.34. The molecule has 3 heteroatoms. The normalized spacial score (nSPS) is 12.5. The molecule has 0 aliphatic heterocycles. The van der Waals surface area contributed by atoms with E-state index < -0.39 is 0 Å². The van der Waals surface area contributed by atoms with Gasteiger partial charge < -0.3 is 5.32 Å². The number of hydrogen-bond acceptors (Lipinski definition) is 2. The van der Waals surface area contributed by atoms with Crippen LogP contribution in [0.1, 0.15) is 41.5 Å². The van der Waals surface area contributed by atoms with Crippen molar-refractivity contribution >= 4 is 11.3 Å². The largest absolute Gasteiger partial charge is 0.316 e. The van der Waals surface area contributed by atoms with Gasteiger partial charge in [0.2, 0.25) is 0 Å². The number of rotatable bonds is 8. The molecule has 0 radical (unpaired) electrons. The van der Waals surface area contributed by atoms with Crippen LogP contribution < -0.4 is 5.32 Å². The maximum absolute atomic E-state index is 13.1. The molecule has 1 aromatic carbocycles.